The van der Waals surface area contributed by atoms with Crippen LogP contribution in [0.25, 0.3) is 10.8 Å². The quantitative estimate of drug-likeness (QED) is 0.755. The number of hydrogen-bond donors (Lipinski definition) is 2. The zero-order valence-corrected chi connectivity index (χ0v) is 12.1. The van der Waals surface area contributed by atoms with Crippen molar-refractivity contribution in [2.45, 2.75) is 5.92 Å². The van der Waals surface area contributed by atoms with Gasteiger partial charge in [-0.25, -0.2) is 4.79 Å². The lowest BCUT2D eigenvalue weighted by Gasteiger charge is -2.20. The Morgan fingerprint density at radius 1 is 0.909 bits per heavy atom. The van der Waals surface area contributed by atoms with Crippen LogP contribution >= 0.6 is 0 Å². The highest BCUT2D eigenvalue weighted by molar-refractivity contribution is 5.86. The molecule has 0 aromatic heterocycles. The summed E-state index contributed by atoms with van der Waals surface area (Å²) in [5, 5.41) is 13.8. The van der Waals surface area contributed by atoms with Crippen LogP contribution in [0.15, 0.2) is 72.8 Å². The van der Waals surface area contributed by atoms with Gasteiger partial charge in [-0.05, 0) is 21.9 Å². The molecule has 0 spiro atoms. The fourth-order valence-electron chi connectivity index (χ4n) is 2.84. The first kappa shape index (κ1) is 14.1. The Balaban J connectivity index is 2.09. The number of fused-ring (bicyclic) bond motifs is 1. The molecular weight excluding hydrogens is 274 g/mol. The van der Waals surface area contributed by atoms with Crippen molar-refractivity contribution >= 4 is 16.9 Å². The van der Waals surface area contributed by atoms with Crippen molar-refractivity contribution in [1.29, 1.82) is 0 Å². The predicted octanol–water partition coefficient (Wildman–Crippen LogP) is 4.24. The highest BCUT2D eigenvalue weighted by atomic mass is 16.4. The van der Waals surface area contributed by atoms with Gasteiger partial charge in [-0.2, -0.15) is 0 Å². The van der Waals surface area contributed by atoms with E-state index in [0.717, 1.165) is 21.9 Å². The van der Waals surface area contributed by atoms with Crippen LogP contribution < -0.4 is 5.32 Å². The van der Waals surface area contributed by atoms with Gasteiger partial charge < -0.3 is 10.4 Å². The average molecular weight is 291 g/mol. The summed E-state index contributed by atoms with van der Waals surface area (Å²) in [5.41, 5.74) is 2.24. The van der Waals surface area contributed by atoms with Crippen LogP contribution in [0.2, 0.25) is 0 Å². The monoisotopic (exact) mass is 291 g/mol. The lowest BCUT2D eigenvalue weighted by Crippen LogP contribution is -2.27. The Morgan fingerprint density at radius 3 is 2.36 bits per heavy atom. The summed E-state index contributed by atoms with van der Waals surface area (Å²) in [4.78, 5) is 10.9. The second kappa shape index (κ2) is 6.31. The molecule has 1 atom stereocenters. The van der Waals surface area contributed by atoms with Gasteiger partial charge in [-0.15, -0.1) is 0 Å². The van der Waals surface area contributed by atoms with E-state index >= 15 is 0 Å². The minimum absolute atomic E-state index is 0.0107. The van der Waals surface area contributed by atoms with Crippen LogP contribution in [0.5, 0.6) is 0 Å². The number of carbonyl (C=O) groups is 1. The second-order valence-corrected chi connectivity index (χ2v) is 5.22. The summed E-state index contributed by atoms with van der Waals surface area (Å²) in [5.74, 6) is -0.0107. The number of rotatable bonds is 4. The predicted molar refractivity (Wildman–Crippen MR) is 88.3 cm³/mol. The Hall–Kier alpha value is -2.81. The average Bonchev–Trinajstić information content (AvgIpc) is 2.56. The van der Waals surface area contributed by atoms with Crippen LogP contribution in [0.1, 0.15) is 17.0 Å². The fourth-order valence-corrected chi connectivity index (χ4v) is 2.84. The van der Waals surface area contributed by atoms with Crippen LogP contribution in [0, 0.1) is 0 Å². The molecule has 0 bridgehead atoms. The molecule has 110 valence electrons. The number of nitrogens with one attached hydrogen (secondary N) is 1. The SMILES string of the molecule is O=C(O)NCC(c1ccccc1)c1cccc2ccccc12. The van der Waals surface area contributed by atoms with E-state index in [-0.39, 0.29) is 5.92 Å². The maximum Gasteiger partial charge on any atom is 0.404 e. The van der Waals surface area contributed by atoms with Crippen molar-refractivity contribution in [3.05, 3.63) is 83.9 Å². The summed E-state index contributed by atoms with van der Waals surface area (Å²) in [6.07, 6.45) is -0.999. The number of carboxylic acid groups (broad SMARTS) is 1. The molecule has 3 aromatic carbocycles. The van der Waals surface area contributed by atoms with E-state index in [2.05, 4.69) is 29.6 Å². The molecule has 3 rings (SSSR count). The lowest BCUT2D eigenvalue weighted by molar-refractivity contribution is 0.194. The molecule has 22 heavy (non-hydrogen) atoms. The lowest BCUT2D eigenvalue weighted by atomic mass is 9.88. The molecule has 3 aromatic rings. The van der Waals surface area contributed by atoms with E-state index in [1.807, 2.05) is 48.5 Å². The summed E-state index contributed by atoms with van der Waals surface area (Å²) in [6.45, 7) is 0.355. The van der Waals surface area contributed by atoms with Gasteiger partial charge in [0.05, 0.1) is 0 Å². The summed E-state index contributed by atoms with van der Waals surface area (Å²) in [7, 11) is 0. The van der Waals surface area contributed by atoms with Crippen LogP contribution in [-0.4, -0.2) is 17.7 Å². The van der Waals surface area contributed by atoms with Crippen molar-refractivity contribution in [3.8, 4) is 0 Å². The molecule has 0 heterocycles. The molecule has 0 aliphatic carbocycles. The van der Waals surface area contributed by atoms with Gasteiger partial charge >= 0.3 is 6.09 Å². The third-order valence-electron chi connectivity index (χ3n) is 3.86. The normalized spacial score (nSPS) is 12.0. The molecule has 1 unspecified atom stereocenters. The van der Waals surface area contributed by atoms with Gasteiger partial charge in [0.15, 0.2) is 0 Å². The molecule has 0 saturated carbocycles. The zero-order valence-electron chi connectivity index (χ0n) is 12.1. The molecule has 3 heteroatoms. The van der Waals surface area contributed by atoms with E-state index in [1.54, 1.807) is 0 Å². The van der Waals surface area contributed by atoms with Gasteiger partial charge in [0.1, 0.15) is 0 Å². The highest BCUT2D eigenvalue weighted by Crippen LogP contribution is 2.30. The third-order valence-corrected chi connectivity index (χ3v) is 3.86. The van der Waals surface area contributed by atoms with Crippen molar-refractivity contribution in [1.82, 2.24) is 5.32 Å². The molecule has 0 saturated heterocycles. The van der Waals surface area contributed by atoms with Gasteiger partial charge in [0, 0.05) is 12.5 Å². The van der Waals surface area contributed by atoms with E-state index in [4.69, 9.17) is 5.11 Å². The van der Waals surface area contributed by atoms with E-state index in [1.165, 1.54) is 0 Å². The Morgan fingerprint density at radius 2 is 1.59 bits per heavy atom. The Labute approximate surface area is 129 Å². The minimum Gasteiger partial charge on any atom is -0.465 e. The van der Waals surface area contributed by atoms with Crippen molar-refractivity contribution in [3.63, 3.8) is 0 Å². The number of hydrogen-bond acceptors (Lipinski definition) is 1. The largest absolute Gasteiger partial charge is 0.465 e. The second-order valence-electron chi connectivity index (χ2n) is 5.22. The topological polar surface area (TPSA) is 49.3 Å². The molecule has 0 fully saturated rings. The van der Waals surface area contributed by atoms with Gasteiger partial charge in [0.2, 0.25) is 0 Å². The maximum absolute atomic E-state index is 10.9. The summed E-state index contributed by atoms with van der Waals surface area (Å²) < 4.78 is 0. The Bertz CT molecular complexity index is 778. The maximum atomic E-state index is 10.9. The van der Waals surface area contributed by atoms with Gasteiger partial charge in [-0.3, -0.25) is 0 Å². The summed E-state index contributed by atoms with van der Waals surface area (Å²) in [6, 6.07) is 24.4. The van der Waals surface area contributed by atoms with Crippen LogP contribution in [0.4, 0.5) is 4.79 Å². The Kier molecular flexibility index (Phi) is 4.05. The molecule has 0 aliphatic heterocycles. The molecule has 3 nitrogen and oxygen atoms in total. The van der Waals surface area contributed by atoms with E-state index in [0.29, 0.717) is 6.54 Å². The molecule has 0 aliphatic rings. The van der Waals surface area contributed by atoms with Crippen molar-refractivity contribution in [2.24, 2.45) is 0 Å². The number of amides is 1. The van der Waals surface area contributed by atoms with E-state index < -0.39 is 6.09 Å². The molecule has 2 N–H and O–H groups in total. The minimum atomic E-state index is -0.999. The third kappa shape index (κ3) is 2.93. The summed E-state index contributed by atoms with van der Waals surface area (Å²) >= 11 is 0. The smallest absolute Gasteiger partial charge is 0.404 e. The van der Waals surface area contributed by atoms with Crippen molar-refractivity contribution in [2.75, 3.05) is 6.54 Å². The standard InChI is InChI=1S/C19H17NO2/c21-19(22)20-13-18(15-7-2-1-3-8-15)17-12-6-10-14-9-4-5-11-16(14)17/h1-12,18,20H,13H2,(H,21,22). The molecule has 1 amide bonds. The van der Waals surface area contributed by atoms with Gasteiger partial charge in [0.25, 0.3) is 0 Å². The van der Waals surface area contributed by atoms with Gasteiger partial charge in [-0.1, -0.05) is 72.8 Å². The zero-order chi connectivity index (χ0) is 15.4. The first-order valence-corrected chi connectivity index (χ1v) is 7.25. The molecular formula is C19H17NO2. The van der Waals surface area contributed by atoms with Crippen molar-refractivity contribution < 1.29 is 9.90 Å². The van der Waals surface area contributed by atoms with Crippen LogP contribution in [-0.2, 0) is 0 Å². The first-order chi connectivity index (χ1) is 10.8. The van der Waals surface area contributed by atoms with Crippen LogP contribution in [0.3, 0.4) is 0 Å². The number of benzene rings is 3. The fraction of sp³-hybridized carbons (Fsp3) is 0.105. The molecule has 0 radical (unpaired) electrons. The first-order valence-electron chi connectivity index (χ1n) is 7.25. The highest BCUT2D eigenvalue weighted by Gasteiger charge is 2.17. The van der Waals surface area contributed by atoms with E-state index in [9.17, 15) is 4.79 Å².